The zero-order chi connectivity index (χ0) is 14.4. The lowest BCUT2D eigenvalue weighted by Crippen LogP contribution is -2.26. The Morgan fingerprint density at radius 3 is 2.85 bits per heavy atom. The van der Waals surface area contributed by atoms with E-state index in [1.165, 1.54) is 30.6 Å². The normalized spacial score (nSPS) is 18.6. The van der Waals surface area contributed by atoms with E-state index in [-0.39, 0.29) is 6.61 Å². The SMILES string of the molecule is CC1(C)CCC(OCc2cc(C#CCCO)cs2)CC1. The Balaban J connectivity index is 1.76. The van der Waals surface area contributed by atoms with Crippen molar-refractivity contribution in [1.82, 2.24) is 0 Å². The lowest BCUT2D eigenvalue weighted by Gasteiger charge is -2.34. The molecule has 0 saturated heterocycles. The summed E-state index contributed by atoms with van der Waals surface area (Å²) in [6.07, 6.45) is 5.86. The maximum absolute atomic E-state index is 8.69. The second-order valence-corrected chi connectivity index (χ2v) is 7.25. The number of thiophene rings is 1. The van der Waals surface area contributed by atoms with Crippen molar-refractivity contribution in [2.75, 3.05) is 6.61 Å². The van der Waals surface area contributed by atoms with Crippen molar-refractivity contribution in [2.45, 2.75) is 58.7 Å². The highest BCUT2D eigenvalue weighted by Crippen LogP contribution is 2.36. The van der Waals surface area contributed by atoms with Gasteiger partial charge in [-0.25, -0.2) is 0 Å². The minimum Gasteiger partial charge on any atom is -0.395 e. The average molecular weight is 292 g/mol. The molecule has 110 valence electrons. The Morgan fingerprint density at radius 2 is 2.15 bits per heavy atom. The van der Waals surface area contributed by atoms with Gasteiger partial charge in [-0.3, -0.25) is 0 Å². The average Bonchev–Trinajstić information content (AvgIpc) is 2.86. The third-order valence-electron chi connectivity index (χ3n) is 3.87. The molecule has 20 heavy (non-hydrogen) atoms. The first-order chi connectivity index (χ1) is 9.59. The number of ether oxygens (including phenoxy) is 1. The molecule has 0 aromatic carbocycles. The number of hydrogen-bond donors (Lipinski definition) is 1. The Kier molecular flexibility index (Phi) is 5.65. The fourth-order valence-corrected chi connectivity index (χ4v) is 3.22. The molecule has 1 saturated carbocycles. The summed E-state index contributed by atoms with van der Waals surface area (Å²) in [5.74, 6) is 6.00. The largest absolute Gasteiger partial charge is 0.395 e. The van der Waals surface area contributed by atoms with Gasteiger partial charge in [-0.1, -0.05) is 25.7 Å². The molecule has 0 spiro atoms. The Morgan fingerprint density at radius 1 is 1.40 bits per heavy atom. The number of hydrogen-bond acceptors (Lipinski definition) is 3. The molecule has 0 bridgehead atoms. The number of aliphatic hydroxyl groups excluding tert-OH is 1. The van der Waals surface area contributed by atoms with Crippen LogP contribution < -0.4 is 0 Å². The summed E-state index contributed by atoms with van der Waals surface area (Å²) in [7, 11) is 0. The fraction of sp³-hybridized carbons (Fsp3) is 0.647. The van der Waals surface area contributed by atoms with Crippen LogP contribution in [0, 0.1) is 17.3 Å². The van der Waals surface area contributed by atoms with Gasteiger partial charge in [0, 0.05) is 22.2 Å². The summed E-state index contributed by atoms with van der Waals surface area (Å²) in [6, 6.07) is 2.10. The maximum atomic E-state index is 8.69. The second kappa shape index (κ2) is 7.26. The van der Waals surface area contributed by atoms with Crippen molar-refractivity contribution in [3.63, 3.8) is 0 Å². The standard InChI is InChI=1S/C17H24O2S/c1-17(2)8-6-15(7-9-17)19-12-16-11-14(13-20-16)5-3-4-10-18/h11,13,15,18H,4,6-10,12H2,1-2H3. The van der Waals surface area contributed by atoms with Crippen LogP contribution in [0.25, 0.3) is 0 Å². The predicted octanol–water partition coefficient (Wildman–Crippen LogP) is 3.97. The van der Waals surface area contributed by atoms with Gasteiger partial charge in [-0.05, 0) is 37.2 Å². The third-order valence-corrected chi connectivity index (χ3v) is 4.78. The number of rotatable bonds is 4. The van der Waals surface area contributed by atoms with Crippen molar-refractivity contribution < 1.29 is 9.84 Å². The van der Waals surface area contributed by atoms with Crippen molar-refractivity contribution in [3.8, 4) is 11.8 Å². The van der Waals surface area contributed by atoms with E-state index in [0.717, 1.165) is 5.56 Å². The first kappa shape index (κ1) is 15.6. The van der Waals surface area contributed by atoms with Crippen LogP contribution in [0.2, 0.25) is 0 Å². The first-order valence-corrected chi connectivity index (χ1v) is 8.26. The monoisotopic (exact) mass is 292 g/mol. The summed E-state index contributed by atoms with van der Waals surface area (Å²) >= 11 is 1.71. The molecule has 0 radical (unpaired) electrons. The van der Waals surface area contributed by atoms with E-state index in [0.29, 0.717) is 24.5 Å². The zero-order valence-corrected chi connectivity index (χ0v) is 13.3. The van der Waals surface area contributed by atoms with Gasteiger partial charge in [0.1, 0.15) is 0 Å². The van der Waals surface area contributed by atoms with Crippen molar-refractivity contribution in [1.29, 1.82) is 0 Å². The van der Waals surface area contributed by atoms with Gasteiger partial charge in [-0.2, -0.15) is 0 Å². The molecule has 1 aromatic heterocycles. The molecule has 1 aromatic rings. The Hall–Kier alpha value is -0.820. The van der Waals surface area contributed by atoms with Gasteiger partial charge >= 0.3 is 0 Å². The highest BCUT2D eigenvalue weighted by atomic mass is 32.1. The second-order valence-electron chi connectivity index (χ2n) is 6.25. The fourth-order valence-electron chi connectivity index (χ4n) is 2.48. The summed E-state index contributed by atoms with van der Waals surface area (Å²) < 4.78 is 6.02. The van der Waals surface area contributed by atoms with E-state index >= 15 is 0 Å². The summed E-state index contributed by atoms with van der Waals surface area (Å²) in [5, 5.41) is 10.8. The number of aliphatic hydroxyl groups is 1. The Labute approximate surface area is 126 Å². The highest BCUT2D eigenvalue weighted by molar-refractivity contribution is 7.10. The zero-order valence-electron chi connectivity index (χ0n) is 12.4. The van der Waals surface area contributed by atoms with Gasteiger partial charge in [0.05, 0.1) is 19.3 Å². The quantitative estimate of drug-likeness (QED) is 0.851. The topological polar surface area (TPSA) is 29.5 Å². The Bertz CT molecular complexity index is 469. The molecular weight excluding hydrogens is 268 g/mol. The molecule has 0 amide bonds. The van der Waals surface area contributed by atoms with Gasteiger partial charge in [0.2, 0.25) is 0 Å². The molecule has 1 N–H and O–H groups in total. The highest BCUT2D eigenvalue weighted by Gasteiger charge is 2.27. The smallest absolute Gasteiger partial charge is 0.0813 e. The van der Waals surface area contributed by atoms with Crippen molar-refractivity contribution in [2.24, 2.45) is 5.41 Å². The van der Waals surface area contributed by atoms with Crippen LogP contribution in [0.5, 0.6) is 0 Å². The van der Waals surface area contributed by atoms with Crippen molar-refractivity contribution in [3.05, 3.63) is 21.9 Å². The third kappa shape index (κ3) is 4.94. The molecule has 0 unspecified atom stereocenters. The van der Waals surface area contributed by atoms with Crippen LogP contribution in [0.4, 0.5) is 0 Å². The summed E-state index contributed by atoms with van der Waals surface area (Å²) in [6.45, 7) is 5.53. The molecule has 2 nitrogen and oxygen atoms in total. The molecule has 1 fully saturated rings. The molecule has 1 aliphatic rings. The summed E-state index contributed by atoms with van der Waals surface area (Å²) in [5.41, 5.74) is 1.53. The van der Waals surface area contributed by atoms with E-state index in [9.17, 15) is 0 Å². The lowest BCUT2D eigenvalue weighted by atomic mass is 9.76. The minimum atomic E-state index is 0.130. The van der Waals surface area contributed by atoms with Gasteiger partial charge < -0.3 is 9.84 Å². The van der Waals surface area contributed by atoms with Crippen LogP contribution in [-0.2, 0) is 11.3 Å². The molecule has 3 heteroatoms. The van der Waals surface area contributed by atoms with E-state index in [1.807, 2.05) is 0 Å². The van der Waals surface area contributed by atoms with Gasteiger partial charge in [0.25, 0.3) is 0 Å². The van der Waals surface area contributed by atoms with Crippen LogP contribution in [0.3, 0.4) is 0 Å². The van der Waals surface area contributed by atoms with Crippen LogP contribution in [-0.4, -0.2) is 17.8 Å². The first-order valence-electron chi connectivity index (χ1n) is 7.38. The van der Waals surface area contributed by atoms with Gasteiger partial charge in [-0.15, -0.1) is 11.3 Å². The molecular formula is C17H24O2S. The van der Waals surface area contributed by atoms with E-state index in [2.05, 4.69) is 37.1 Å². The molecule has 0 atom stereocenters. The van der Waals surface area contributed by atoms with Crippen LogP contribution >= 0.6 is 11.3 Å². The van der Waals surface area contributed by atoms with Gasteiger partial charge in [0.15, 0.2) is 0 Å². The molecule has 1 aliphatic carbocycles. The summed E-state index contributed by atoms with van der Waals surface area (Å²) in [4.78, 5) is 1.24. The van der Waals surface area contributed by atoms with E-state index < -0.39 is 0 Å². The molecule has 1 heterocycles. The van der Waals surface area contributed by atoms with E-state index in [1.54, 1.807) is 11.3 Å². The van der Waals surface area contributed by atoms with Crippen LogP contribution in [0.15, 0.2) is 11.4 Å². The lowest BCUT2D eigenvalue weighted by molar-refractivity contribution is -0.00448. The van der Waals surface area contributed by atoms with Crippen LogP contribution in [0.1, 0.15) is 56.4 Å². The molecule has 2 rings (SSSR count). The molecule has 0 aliphatic heterocycles. The minimum absolute atomic E-state index is 0.130. The van der Waals surface area contributed by atoms with E-state index in [4.69, 9.17) is 9.84 Å². The van der Waals surface area contributed by atoms with Crippen molar-refractivity contribution >= 4 is 11.3 Å². The maximum Gasteiger partial charge on any atom is 0.0813 e. The predicted molar refractivity (Wildman–Crippen MR) is 83.7 cm³/mol.